The number of benzene rings is 2. The van der Waals surface area contributed by atoms with Crippen LogP contribution >= 0.6 is 0 Å². The molecule has 30 heavy (non-hydrogen) atoms. The summed E-state index contributed by atoms with van der Waals surface area (Å²) in [6.45, 7) is 3.99. The van der Waals surface area contributed by atoms with Crippen molar-refractivity contribution in [2.45, 2.75) is 39.2 Å². The molecule has 2 N–H and O–H groups in total. The number of urea groups is 1. The molecule has 6 nitrogen and oxygen atoms in total. The summed E-state index contributed by atoms with van der Waals surface area (Å²) in [5, 5.41) is 5.94. The molecule has 1 fully saturated rings. The molecule has 1 aliphatic heterocycles. The van der Waals surface area contributed by atoms with E-state index in [1.807, 2.05) is 60.4 Å². The Labute approximate surface area is 178 Å². The number of piperidine rings is 1. The van der Waals surface area contributed by atoms with Crippen LogP contribution < -0.4 is 15.4 Å². The zero-order valence-electron chi connectivity index (χ0n) is 17.8. The van der Waals surface area contributed by atoms with Gasteiger partial charge in [-0.25, -0.2) is 4.79 Å². The Morgan fingerprint density at radius 3 is 2.53 bits per heavy atom. The number of hydrogen-bond donors (Lipinski definition) is 2. The van der Waals surface area contributed by atoms with Crippen molar-refractivity contribution in [3.63, 3.8) is 0 Å². The monoisotopic (exact) mass is 409 g/mol. The van der Waals surface area contributed by atoms with Gasteiger partial charge in [0.15, 0.2) is 0 Å². The topological polar surface area (TPSA) is 70.7 Å². The smallest absolute Gasteiger partial charge is 0.321 e. The zero-order chi connectivity index (χ0) is 21.3. The molecule has 1 aliphatic rings. The highest BCUT2D eigenvalue weighted by Gasteiger charge is 2.24. The van der Waals surface area contributed by atoms with E-state index in [0.29, 0.717) is 25.4 Å². The summed E-state index contributed by atoms with van der Waals surface area (Å²) in [6, 6.07) is 15.4. The maximum absolute atomic E-state index is 12.6. The van der Waals surface area contributed by atoms with Gasteiger partial charge < -0.3 is 20.3 Å². The number of anilines is 1. The number of likely N-dealkylation sites (tertiary alicyclic amines) is 1. The fraction of sp³-hybridized carbons (Fsp3) is 0.417. The van der Waals surface area contributed by atoms with Crippen LogP contribution in [0.5, 0.6) is 5.75 Å². The van der Waals surface area contributed by atoms with Gasteiger partial charge in [-0.15, -0.1) is 0 Å². The van der Waals surface area contributed by atoms with Gasteiger partial charge in [-0.2, -0.15) is 0 Å². The molecule has 2 aromatic carbocycles. The maximum Gasteiger partial charge on any atom is 0.321 e. The van der Waals surface area contributed by atoms with E-state index in [0.717, 1.165) is 48.4 Å². The molecule has 0 radical (unpaired) electrons. The first-order chi connectivity index (χ1) is 14.5. The van der Waals surface area contributed by atoms with Crippen molar-refractivity contribution in [1.29, 1.82) is 0 Å². The van der Waals surface area contributed by atoms with Gasteiger partial charge >= 0.3 is 6.03 Å². The summed E-state index contributed by atoms with van der Waals surface area (Å²) in [6.07, 6.45) is 3.30. The predicted molar refractivity (Wildman–Crippen MR) is 119 cm³/mol. The van der Waals surface area contributed by atoms with Gasteiger partial charge in [-0.1, -0.05) is 29.8 Å². The molecule has 2 aromatic rings. The minimum atomic E-state index is -0.0625. The Balaban J connectivity index is 1.40. The molecule has 3 rings (SSSR count). The molecule has 6 heteroatoms. The summed E-state index contributed by atoms with van der Waals surface area (Å²) in [5.41, 5.74) is 3.02. The number of rotatable bonds is 7. The van der Waals surface area contributed by atoms with Crippen LogP contribution in [0.25, 0.3) is 0 Å². The van der Waals surface area contributed by atoms with Gasteiger partial charge in [-0.05, 0) is 61.9 Å². The van der Waals surface area contributed by atoms with Crippen LogP contribution in [0.3, 0.4) is 0 Å². The number of ether oxygens (including phenoxy) is 1. The second-order valence-electron chi connectivity index (χ2n) is 7.91. The molecule has 0 aromatic heterocycles. The third kappa shape index (κ3) is 6.51. The number of carbonyl (C=O) groups excluding carboxylic acids is 2. The molecule has 0 bridgehead atoms. The van der Waals surface area contributed by atoms with Crippen molar-refractivity contribution in [3.05, 3.63) is 59.7 Å². The number of nitrogens with one attached hydrogen (secondary N) is 2. The summed E-state index contributed by atoms with van der Waals surface area (Å²) in [7, 11) is 1.63. The minimum Gasteiger partial charge on any atom is -0.497 e. The first-order valence-corrected chi connectivity index (χ1v) is 10.6. The SMILES string of the molecule is COc1ccc(CNC(=O)CC[C@H]2CCCN(C(=O)Nc3ccc(C)cc3)C2)cc1. The largest absolute Gasteiger partial charge is 0.497 e. The average molecular weight is 410 g/mol. The first-order valence-electron chi connectivity index (χ1n) is 10.6. The molecule has 0 unspecified atom stereocenters. The quantitative estimate of drug-likeness (QED) is 0.714. The lowest BCUT2D eigenvalue weighted by molar-refractivity contribution is -0.121. The van der Waals surface area contributed by atoms with Gasteiger partial charge in [0.25, 0.3) is 0 Å². The standard InChI is InChI=1S/C24H31N3O3/c1-18-5-10-21(11-6-18)26-24(29)27-15-3-4-20(17-27)9-14-23(28)25-16-19-7-12-22(30-2)13-8-19/h5-8,10-13,20H,3-4,9,14-17H2,1-2H3,(H,25,28)(H,26,29)/t20-/m1/s1. The van der Waals surface area contributed by atoms with Crippen LogP contribution in [0, 0.1) is 12.8 Å². The third-order valence-electron chi connectivity index (χ3n) is 5.54. The van der Waals surface area contributed by atoms with Crippen LogP contribution in [0.4, 0.5) is 10.5 Å². The molecular formula is C24H31N3O3. The Morgan fingerprint density at radius 1 is 1.10 bits per heavy atom. The summed E-state index contributed by atoms with van der Waals surface area (Å²) < 4.78 is 5.14. The molecule has 160 valence electrons. The Bertz CT molecular complexity index is 834. The second-order valence-corrected chi connectivity index (χ2v) is 7.91. The van der Waals surface area contributed by atoms with E-state index in [-0.39, 0.29) is 11.9 Å². The van der Waals surface area contributed by atoms with E-state index < -0.39 is 0 Å². The van der Waals surface area contributed by atoms with Gasteiger partial charge in [0.05, 0.1) is 7.11 Å². The number of hydrogen-bond acceptors (Lipinski definition) is 3. The van der Waals surface area contributed by atoms with E-state index >= 15 is 0 Å². The summed E-state index contributed by atoms with van der Waals surface area (Å²) in [5.74, 6) is 1.21. The van der Waals surface area contributed by atoms with E-state index in [1.54, 1.807) is 7.11 Å². The van der Waals surface area contributed by atoms with Crippen molar-refractivity contribution < 1.29 is 14.3 Å². The lowest BCUT2D eigenvalue weighted by atomic mass is 9.93. The molecule has 0 spiro atoms. The molecule has 0 aliphatic carbocycles. The number of carbonyl (C=O) groups is 2. The third-order valence-corrected chi connectivity index (χ3v) is 5.54. The highest BCUT2D eigenvalue weighted by Crippen LogP contribution is 2.22. The summed E-state index contributed by atoms with van der Waals surface area (Å²) >= 11 is 0. The lowest BCUT2D eigenvalue weighted by Gasteiger charge is -2.32. The predicted octanol–water partition coefficient (Wildman–Crippen LogP) is 4.34. The Morgan fingerprint density at radius 2 is 1.83 bits per heavy atom. The van der Waals surface area contributed by atoms with Crippen molar-refractivity contribution in [3.8, 4) is 5.75 Å². The van der Waals surface area contributed by atoms with Crippen molar-refractivity contribution in [1.82, 2.24) is 10.2 Å². The highest BCUT2D eigenvalue weighted by molar-refractivity contribution is 5.89. The fourth-order valence-electron chi connectivity index (χ4n) is 3.69. The van der Waals surface area contributed by atoms with E-state index in [4.69, 9.17) is 4.74 Å². The molecule has 1 atom stereocenters. The molecular weight excluding hydrogens is 378 g/mol. The number of methoxy groups -OCH3 is 1. The van der Waals surface area contributed by atoms with Crippen LogP contribution in [0.1, 0.15) is 36.8 Å². The van der Waals surface area contributed by atoms with Gasteiger partial charge in [0, 0.05) is 31.7 Å². The second kappa shape index (κ2) is 10.7. The van der Waals surface area contributed by atoms with Crippen LogP contribution in [0.15, 0.2) is 48.5 Å². The van der Waals surface area contributed by atoms with Crippen molar-refractivity contribution >= 4 is 17.6 Å². The molecule has 1 saturated heterocycles. The van der Waals surface area contributed by atoms with Gasteiger partial charge in [0.1, 0.15) is 5.75 Å². The van der Waals surface area contributed by atoms with Crippen LogP contribution in [0.2, 0.25) is 0 Å². The van der Waals surface area contributed by atoms with E-state index in [2.05, 4.69) is 10.6 Å². The van der Waals surface area contributed by atoms with Crippen molar-refractivity contribution in [2.24, 2.45) is 5.92 Å². The fourth-order valence-corrected chi connectivity index (χ4v) is 3.69. The molecule has 0 saturated carbocycles. The Kier molecular flexibility index (Phi) is 7.71. The normalized spacial score (nSPS) is 16.1. The summed E-state index contributed by atoms with van der Waals surface area (Å²) in [4.78, 5) is 26.7. The van der Waals surface area contributed by atoms with Gasteiger partial charge in [-0.3, -0.25) is 4.79 Å². The number of nitrogens with zero attached hydrogens (tertiary/aromatic N) is 1. The first kappa shape index (κ1) is 21.7. The highest BCUT2D eigenvalue weighted by atomic mass is 16.5. The number of aryl methyl sites for hydroxylation is 1. The lowest BCUT2D eigenvalue weighted by Crippen LogP contribution is -2.42. The zero-order valence-corrected chi connectivity index (χ0v) is 17.8. The number of amides is 3. The van der Waals surface area contributed by atoms with Gasteiger partial charge in [0.2, 0.25) is 5.91 Å². The molecule has 3 amide bonds. The van der Waals surface area contributed by atoms with E-state index in [9.17, 15) is 9.59 Å². The molecule has 1 heterocycles. The average Bonchev–Trinajstić information content (AvgIpc) is 2.78. The maximum atomic E-state index is 12.6. The van der Waals surface area contributed by atoms with Crippen LogP contribution in [-0.4, -0.2) is 37.0 Å². The Hall–Kier alpha value is -3.02. The van der Waals surface area contributed by atoms with E-state index in [1.165, 1.54) is 0 Å². The van der Waals surface area contributed by atoms with Crippen molar-refractivity contribution in [2.75, 3.05) is 25.5 Å². The van der Waals surface area contributed by atoms with Crippen LogP contribution in [-0.2, 0) is 11.3 Å². The minimum absolute atomic E-state index is 0.0482.